The molecule has 1 amide bonds. The van der Waals surface area contributed by atoms with Gasteiger partial charge in [0.05, 0.1) is 0 Å². The average Bonchev–Trinajstić information content (AvgIpc) is 3.56. The summed E-state index contributed by atoms with van der Waals surface area (Å²) in [6, 6.07) is 13.6. The highest BCUT2D eigenvalue weighted by atomic mass is 35.5. The van der Waals surface area contributed by atoms with E-state index in [9.17, 15) is 13.6 Å². The summed E-state index contributed by atoms with van der Waals surface area (Å²) in [5, 5.41) is 4.80. The third kappa shape index (κ3) is 5.75. The lowest BCUT2D eigenvalue weighted by Crippen LogP contribution is -2.45. The largest absolute Gasteiger partial charge is 0.429 e. The van der Waals surface area contributed by atoms with Crippen LogP contribution in [-0.2, 0) is 16.8 Å². The molecule has 0 aliphatic heterocycles. The number of carbonyl (C=O) groups excluding carboxylic acids is 1. The Kier molecular flexibility index (Phi) is 7.73. The molecule has 3 aromatic rings. The molecule has 0 atom stereocenters. The van der Waals surface area contributed by atoms with Gasteiger partial charge in [0, 0.05) is 30.1 Å². The number of nitrogens with zero attached hydrogens (tertiary/aromatic N) is 3. The van der Waals surface area contributed by atoms with Crippen LogP contribution in [-0.4, -0.2) is 34.1 Å². The molecule has 0 N–H and O–H groups in total. The van der Waals surface area contributed by atoms with Gasteiger partial charge in [0.25, 0.3) is 5.89 Å². The summed E-state index contributed by atoms with van der Waals surface area (Å²) in [4.78, 5) is 19.5. The molecule has 190 valence electrons. The second-order valence-electron chi connectivity index (χ2n) is 8.99. The zero-order valence-corrected chi connectivity index (χ0v) is 20.8. The molecule has 1 aliphatic carbocycles. The van der Waals surface area contributed by atoms with Crippen LogP contribution in [0.4, 0.5) is 8.78 Å². The van der Waals surface area contributed by atoms with Crippen molar-refractivity contribution in [3.63, 3.8) is 0 Å². The Morgan fingerprint density at radius 3 is 2.50 bits per heavy atom. The van der Waals surface area contributed by atoms with Crippen molar-refractivity contribution in [1.29, 1.82) is 0 Å². The molecule has 2 aromatic carbocycles. The van der Waals surface area contributed by atoms with Crippen LogP contribution in [0.3, 0.4) is 0 Å². The maximum atomic E-state index is 13.4. The summed E-state index contributed by atoms with van der Waals surface area (Å²) in [5.74, 6) is 0.725. The number of carbonyl (C=O) groups is 1. The van der Waals surface area contributed by atoms with E-state index in [2.05, 4.69) is 21.5 Å². The Bertz CT molecular complexity index is 1190. The second-order valence-corrected chi connectivity index (χ2v) is 9.42. The lowest BCUT2D eigenvalue weighted by atomic mass is 9.94. The maximum Gasteiger partial charge on any atom is 0.419 e. The van der Waals surface area contributed by atoms with E-state index in [4.69, 9.17) is 16.1 Å². The van der Waals surface area contributed by atoms with Crippen molar-refractivity contribution < 1.29 is 22.8 Å². The number of benzene rings is 2. The fraction of sp³-hybridized carbons (Fsp3) is 0.370. The van der Waals surface area contributed by atoms with E-state index in [1.165, 1.54) is 12.1 Å². The van der Waals surface area contributed by atoms with Crippen LogP contribution >= 0.6 is 11.6 Å². The first-order valence-electron chi connectivity index (χ1n) is 11.9. The number of amides is 1. The van der Waals surface area contributed by atoms with E-state index in [1.54, 1.807) is 24.1 Å². The van der Waals surface area contributed by atoms with E-state index in [0.717, 1.165) is 44.1 Å². The van der Waals surface area contributed by atoms with E-state index >= 15 is 0 Å². The summed E-state index contributed by atoms with van der Waals surface area (Å²) in [6.45, 7) is 3.06. The van der Waals surface area contributed by atoms with Crippen LogP contribution in [0.25, 0.3) is 11.4 Å². The quantitative estimate of drug-likeness (QED) is 0.278. The molecular formula is C27H28ClF2N3O3. The Balaban J connectivity index is 1.44. The van der Waals surface area contributed by atoms with Crippen molar-refractivity contribution in [1.82, 2.24) is 15.0 Å². The topological polar surface area (TPSA) is 68.5 Å². The molecule has 1 fully saturated rings. The molecule has 4 rings (SSSR count). The maximum absolute atomic E-state index is 13.4. The Hall–Kier alpha value is -3.26. The molecule has 1 saturated carbocycles. The average molecular weight is 516 g/mol. The number of aromatic nitrogens is 2. The first-order valence-corrected chi connectivity index (χ1v) is 12.3. The molecule has 0 saturated heterocycles. The molecule has 1 aromatic heterocycles. The number of aryl methyl sites for hydroxylation is 1. The third-order valence-corrected chi connectivity index (χ3v) is 6.90. The van der Waals surface area contributed by atoms with Gasteiger partial charge in [0.1, 0.15) is 11.3 Å². The summed E-state index contributed by atoms with van der Waals surface area (Å²) in [6.07, 6.45) is 2.24. The van der Waals surface area contributed by atoms with Gasteiger partial charge < -0.3 is 14.2 Å². The number of ether oxygens (including phenoxy) is 1. The van der Waals surface area contributed by atoms with Crippen LogP contribution in [0.1, 0.15) is 50.0 Å². The van der Waals surface area contributed by atoms with E-state index in [-0.39, 0.29) is 11.7 Å². The summed E-state index contributed by atoms with van der Waals surface area (Å²) in [7, 11) is 1.80. The van der Waals surface area contributed by atoms with E-state index in [0.29, 0.717) is 34.8 Å². The molecule has 0 unspecified atom stereocenters. The van der Waals surface area contributed by atoms with Crippen LogP contribution in [0.5, 0.6) is 5.75 Å². The SMILES string of the molecule is C=CC(F)(F)Oc1ccc(-c2noc(C3(N(C)C(=O)CCCc4ccc(Cl)cc4)CCCC3)n2)cc1. The van der Waals surface area contributed by atoms with Crippen molar-refractivity contribution in [2.75, 3.05) is 7.05 Å². The van der Waals surface area contributed by atoms with Gasteiger partial charge in [-0.05, 0) is 67.6 Å². The van der Waals surface area contributed by atoms with Crippen molar-refractivity contribution in [3.05, 3.63) is 77.7 Å². The molecule has 9 heteroatoms. The Morgan fingerprint density at radius 2 is 1.86 bits per heavy atom. The molecule has 6 nitrogen and oxygen atoms in total. The van der Waals surface area contributed by atoms with E-state index < -0.39 is 11.6 Å². The van der Waals surface area contributed by atoms with E-state index in [1.807, 2.05) is 24.3 Å². The lowest BCUT2D eigenvalue weighted by molar-refractivity contribution is -0.137. The van der Waals surface area contributed by atoms with Crippen molar-refractivity contribution >= 4 is 17.5 Å². The number of hydrogen-bond donors (Lipinski definition) is 0. The Labute approximate surface area is 213 Å². The predicted octanol–water partition coefficient (Wildman–Crippen LogP) is 6.80. The van der Waals surface area contributed by atoms with Gasteiger partial charge >= 0.3 is 6.11 Å². The van der Waals surface area contributed by atoms with Gasteiger partial charge in [-0.15, -0.1) is 0 Å². The van der Waals surface area contributed by atoms with Crippen LogP contribution in [0, 0.1) is 0 Å². The molecule has 0 bridgehead atoms. The van der Waals surface area contributed by atoms with Gasteiger partial charge in [-0.2, -0.15) is 13.8 Å². The minimum absolute atomic E-state index is 0.0106. The van der Waals surface area contributed by atoms with Gasteiger partial charge in [-0.1, -0.05) is 48.3 Å². The summed E-state index contributed by atoms with van der Waals surface area (Å²) < 4.78 is 37.0. The predicted molar refractivity (Wildman–Crippen MR) is 133 cm³/mol. The molecular weight excluding hydrogens is 488 g/mol. The number of rotatable bonds is 10. The van der Waals surface area contributed by atoms with Gasteiger partial charge in [0.2, 0.25) is 11.7 Å². The smallest absolute Gasteiger partial charge is 0.419 e. The van der Waals surface area contributed by atoms with Gasteiger partial charge in [-0.3, -0.25) is 4.79 Å². The fourth-order valence-corrected chi connectivity index (χ4v) is 4.68. The standard InChI is InChI=1S/C27H28ClF2N3O3/c1-3-27(29,30)35-22-15-11-20(12-16-22)24-31-25(36-32-24)26(17-4-5-18-26)33(2)23(34)8-6-7-19-9-13-21(28)14-10-19/h3,9-16H,1,4-8,17-18H2,2H3. The fourth-order valence-electron chi connectivity index (χ4n) is 4.55. The first-order chi connectivity index (χ1) is 17.2. The highest BCUT2D eigenvalue weighted by Crippen LogP contribution is 2.43. The monoisotopic (exact) mass is 515 g/mol. The third-order valence-electron chi connectivity index (χ3n) is 6.64. The van der Waals surface area contributed by atoms with Crippen molar-refractivity contribution in [2.45, 2.75) is 56.6 Å². The summed E-state index contributed by atoms with van der Waals surface area (Å²) in [5.41, 5.74) is 1.07. The molecule has 0 radical (unpaired) electrons. The molecule has 0 spiro atoms. The minimum atomic E-state index is -3.46. The van der Waals surface area contributed by atoms with Crippen molar-refractivity contribution in [3.8, 4) is 17.1 Å². The number of hydrogen-bond acceptors (Lipinski definition) is 5. The zero-order valence-electron chi connectivity index (χ0n) is 20.1. The van der Waals surface area contributed by atoms with Crippen molar-refractivity contribution in [2.24, 2.45) is 0 Å². The lowest BCUT2D eigenvalue weighted by Gasteiger charge is -2.35. The summed E-state index contributed by atoms with van der Waals surface area (Å²) >= 11 is 5.94. The Morgan fingerprint density at radius 1 is 1.19 bits per heavy atom. The first kappa shape index (κ1) is 25.8. The normalized spacial score (nSPS) is 15.0. The van der Waals surface area contributed by atoms with Crippen LogP contribution < -0.4 is 4.74 Å². The van der Waals surface area contributed by atoms with Gasteiger partial charge in [0.15, 0.2) is 0 Å². The van der Waals surface area contributed by atoms with Crippen LogP contribution in [0.2, 0.25) is 5.02 Å². The van der Waals surface area contributed by atoms with Crippen LogP contribution in [0.15, 0.2) is 65.7 Å². The molecule has 1 aliphatic rings. The number of alkyl halides is 2. The van der Waals surface area contributed by atoms with Gasteiger partial charge in [-0.25, -0.2) is 0 Å². The number of halogens is 3. The molecule has 36 heavy (non-hydrogen) atoms. The zero-order chi connectivity index (χ0) is 25.8. The molecule has 1 heterocycles. The highest BCUT2D eigenvalue weighted by molar-refractivity contribution is 6.30. The second kappa shape index (κ2) is 10.8. The highest BCUT2D eigenvalue weighted by Gasteiger charge is 2.46. The minimum Gasteiger partial charge on any atom is -0.429 e.